The van der Waals surface area contributed by atoms with Gasteiger partial charge in [-0.05, 0) is 25.3 Å². The van der Waals surface area contributed by atoms with Crippen LogP contribution < -0.4 is 0 Å². The van der Waals surface area contributed by atoms with E-state index in [1.165, 1.54) is 0 Å². The van der Waals surface area contributed by atoms with Crippen molar-refractivity contribution in [1.82, 2.24) is 0 Å². The highest BCUT2D eigenvalue weighted by Gasteiger charge is 2.16. The molecule has 0 heterocycles. The summed E-state index contributed by atoms with van der Waals surface area (Å²) in [5.41, 5.74) is 0. The number of hydrogen-bond donors (Lipinski definition) is 1. The summed E-state index contributed by atoms with van der Waals surface area (Å²) in [6.45, 7) is 8.09. The Hall–Kier alpha value is 0.487. The van der Waals surface area contributed by atoms with E-state index in [0.29, 0.717) is 5.25 Å². The van der Waals surface area contributed by atoms with Gasteiger partial charge < -0.3 is 8.85 Å². The van der Waals surface area contributed by atoms with E-state index in [2.05, 4.69) is 33.4 Å². The SMILES string of the molecule is CCCO[SiH](CC(S)CC)OCCC. The fraction of sp³-hybridized carbons (Fsp3) is 1.00. The Kier molecular flexibility index (Phi) is 10.4. The van der Waals surface area contributed by atoms with Crippen LogP contribution in [-0.4, -0.2) is 27.7 Å². The molecule has 4 heteroatoms. The molecular weight excluding hydrogens is 212 g/mol. The molecule has 0 rings (SSSR count). The van der Waals surface area contributed by atoms with Crippen LogP contribution in [0, 0.1) is 0 Å². The predicted molar refractivity (Wildman–Crippen MR) is 67.5 cm³/mol. The quantitative estimate of drug-likeness (QED) is 0.490. The molecule has 86 valence electrons. The number of hydrogen-bond acceptors (Lipinski definition) is 3. The van der Waals surface area contributed by atoms with Crippen molar-refractivity contribution in [3.8, 4) is 0 Å². The molecule has 0 aromatic carbocycles. The van der Waals surface area contributed by atoms with Gasteiger partial charge in [-0.1, -0.05) is 20.8 Å². The standard InChI is InChI=1S/C10H24O2SSi/c1-4-7-11-14(12-8-5-2)9-10(13)6-3/h10,13-14H,4-9H2,1-3H3. The third-order valence-corrected chi connectivity index (χ3v) is 5.09. The van der Waals surface area contributed by atoms with Gasteiger partial charge in [0.2, 0.25) is 0 Å². The third-order valence-electron chi connectivity index (χ3n) is 1.95. The third kappa shape index (κ3) is 7.85. The summed E-state index contributed by atoms with van der Waals surface area (Å²) in [4.78, 5) is 0. The van der Waals surface area contributed by atoms with E-state index >= 15 is 0 Å². The Balaban J connectivity index is 3.71. The van der Waals surface area contributed by atoms with E-state index in [9.17, 15) is 0 Å². The Morgan fingerprint density at radius 3 is 1.93 bits per heavy atom. The van der Waals surface area contributed by atoms with Crippen LogP contribution in [0.15, 0.2) is 0 Å². The topological polar surface area (TPSA) is 18.5 Å². The Morgan fingerprint density at radius 2 is 1.57 bits per heavy atom. The van der Waals surface area contributed by atoms with Gasteiger partial charge in [0.05, 0.1) is 0 Å². The molecule has 0 aromatic rings. The number of thiol groups is 1. The maximum Gasteiger partial charge on any atom is 0.322 e. The molecule has 0 amide bonds. The second-order valence-corrected chi connectivity index (χ2v) is 6.20. The monoisotopic (exact) mass is 236 g/mol. The number of rotatable bonds is 9. The van der Waals surface area contributed by atoms with Gasteiger partial charge in [0.1, 0.15) is 0 Å². The minimum absolute atomic E-state index is 0.445. The van der Waals surface area contributed by atoms with Crippen LogP contribution in [-0.2, 0) is 8.85 Å². The van der Waals surface area contributed by atoms with Crippen LogP contribution >= 0.6 is 12.6 Å². The van der Waals surface area contributed by atoms with E-state index in [4.69, 9.17) is 8.85 Å². The molecule has 0 saturated heterocycles. The fourth-order valence-electron chi connectivity index (χ4n) is 1.07. The summed E-state index contributed by atoms with van der Waals surface area (Å²) >= 11 is 4.49. The zero-order valence-corrected chi connectivity index (χ0v) is 11.7. The first kappa shape index (κ1) is 14.5. The summed E-state index contributed by atoms with van der Waals surface area (Å²) < 4.78 is 11.5. The van der Waals surface area contributed by atoms with Crippen LogP contribution in [0.3, 0.4) is 0 Å². The van der Waals surface area contributed by atoms with Gasteiger partial charge in [-0.3, -0.25) is 0 Å². The van der Waals surface area contributed by atoms with Crippen molar-refractivity contribution in [2.45, 2.75) is 51.3 Å². The fourth-order valence-corrected chi connectivity index (χ4v) is 3.73. The first-order valence-electron chi connectivity index (χ1n) is 5.65. The van der Waals surface area contributed by atoms with Crippen molar-refractivity contribution in [2.75, 3.05) is 13.2 Å². The Bertz CT molecular complexity index is 117. The van der Waals surface area contributed by atoms with Gasteiger partial charge in [-0.15, -0.1) is 0 Å². The zero-order chi connectivity index (χ0) is 10.8. The van der Waals surface area contributed by atoms with E-state index in [0.717, 1.165) is 38.5 Å². The van der Waals surface area contributed by atoms with Crippen molar-refractivity contribution in [3.63, 3.8) is 0 Å². The van der Waals surface area contributed by atoms with Crippen molar-refractivity contribution in [2.24, 2.45) is 0 Å². The zero-order valence-electron chi connectivity index (χ0n) is 9.66. The largest absolute Gasteiger partial charge is 0.397 e. The molecule has 0 aromatic heterocycles. The van der Waals surface area contributed by atoms with Crippen molar-refractivity contribution >= 4 is 21.9 Å². The summed E-state index contributed by atoms with van der Waals surface area (Å²) in [6, 6.07) is 1.03. The second-order valence-electron chi connectivity index (χ2n) is 3.47. The highest BCUT2D eigenvalue weighted by atomic mass is 32.1. The lowest BCUT2D eigenvalue weighted by Crippen LogP contribution is -2.27. The summed E-state index contributed by atoms with van der Waals surface area (Å²) in [7, 11) is -1.42. The van der Waals surface area contributed by atoms with Crippen molar-refractivity contribution in [1.29, 1.82) is 0 Å². The molecule has 0 spiro atoms. The van der Waals surface area contributed by atoms with Gasteiger partial charge in [0, 0.05) is 18.5 Å². The maximum atomic E-state index is 5.73. The lowest BCUT2D eigenvalue weighted by molar-refractivity contribution is 0.196. The second kappa shape index (κ2) is 10.0. The summed E-state index contributed by atoms with van der Waals surface area (Å²) in [5, 5.41) is 0.445. The molecule has 0 radical (unpaired) electrons. The van der Waals surface area contributed by atoms with E-state index in [1.807, 2.05) is 0 Å². The molecule has 1 unspecified atom stereocenters. The smallest absolute Gasteiger partial charge is 0.322 e. The molecule has 0 saturated carbocycles. The lowest BCUT2D eigenvalue weighted by atomic mass is 10.4. The highest BCUT2D eigenvalue weighted by Crippen LogP contribution is 2.11. The van der Waals surface area contributed by atoms with Gasteiger partial charge in [0.15, 0.2) is 0 Å². The van der Waals surface area contributed by atoms with Gasteiger partial charge in [-0.2, -0.15) is 12.6 Å². The first-order valence-corrected chi connectivity index (χ1v) is 7.93. The first-order chi connectivity index (χ1) is 6.74. The lowest BCUT2D eigenvalue weighted by Gasteiger charge is -2.18. The van der Waals surface area contributed by atoms with Crippen molar-refractivity contribution < 1.29 is 8.85 Å². The van der Waals surface area contributed by atoms with Gasteiger partial charge >= 0.3 is 9.28 Å². The van der Waals surface area contributed by atoms with Crippen LogP contribution in [0.25, 0.3) is 0 Å². The Labute approximate surface area is 95.6 Å². The molecule has 0 aliphatic rings. The van der Waals surface area contributed by atoms with E-state index in [1.54, 1.807) is 0 Å². The average molecular weight is 236 g/mol. The minimum atomic E-state index is -1.42. The van der Waals surface area contributed by atoms with Gasteiger partial charge in [-0.25, -0.2) is 0 Å². The Morgan fingerprint density at radius 1 is 1.07 bits per heavy atom. The molecule has 1 atom stereocenters. The molecule has 0 aliphatic carbocycles. The van der Waals surface area contributed by atoms with Crippen LogP contribution in [0.5, 0.6) is 0 Å². The normalized spacial score (nSPS) is 13.5. The highest BCUT2D eigenvalue weighted by molar-refractivity contribution is 7.81. The molecule has 0 fully saturated rings. The van der Waals surface area contributed by atoms with Crippen molar-refractivity contribution in [3.05, 3.63) is 0 Å². The predicted octanol–water partition coefficient (Wildman–Crippen LogP) is 2.77. The molecular formula is C10H24O2SSi. The van der Waals surface area contributed by atoms with E-state index in [-0.39, 0.29) is 0 Å². The van der Waals surface area contributed by atoms with Crippen LogP contribution in [0.1, 0.15) is 40.0 Å². The summed E-state index contributed by atoms with van der Waals surface area (Å²) in [6.07, 6.45) is 3.24. The van der Waals surface area contributed by atoms with Crippen LogP contribution in [0.2, 0.25) is 6.04 Å². The molecule has 14 heavy (non-hydrogen) atoms. The molecule has 2 nitrogen and oxygen atoms in total. The van der Waals surface area contributed by atoms with E-state index < -0.39 is 9.28 Å². The molecule has 0 bridgehead atoms. The minimum Gasteiger partial charge on any atom is -0.397 e. The molecule has 0 N–H and O–H groups in total. The maximum absolute atomic E-state index is 5.73. The molecule has 0 aliphatic heterocycles. The van der Waals surface area contributed by atoms with Gasteiger partial charge in [0.25, 0.3) is 0 Å². The van der Waals surface area contributed by atoms with Crippen LogP contribution in [0.4, 0.5) is 0 Å². The average Bonchev–Trinajstić information content (AvgIpc) is 2.21. The summed E-state index contributed by atoms with van der Waals surface area (Å²) in [5.74, 6) is 0.